The number of rotatable bonds is 5. The molecule has 1 amide bonds. The molecule has 2 N–H and O–H groups in total. The van der Waals surface area contributed by atoms with Crippen LogP contribution in [0.5, 0.6) is 0 Å². The zero-order valence-corrected chi connectivity index (χ0v) is 14.8. The SMILES string of the molecule is Cc1nc2c(cnn2C(C)C)cc1C(=O)NCC(C)(O)c1ccco1. The molecular weight excluding hydrogens is 320 g/mol. The number of furan rings is 1. The van der Waals surface area contributed by atoms with E-state index in [0.29, 0.717) is 17.0 Å². The zero-order valence-electron chi connectivity index (χ0n) is 14.8. The van der Waals surface area contributed by atoms with Crippen LogP contribution in [0.3, 0.4) is 0 Å². The van der Waals surface area contributed by atoms with Gasteiger partial charge in [-0.1, -0.05) is 0 Å². The molecule has 25 heavy (non-hydrogen) atoms. The maximum atomic E-state index is 12.5. The van der Waals surface area contributed by atoms with Crippen molar-refractivity contribution in [1.29, 1.82) is 0 Å². The molecule has 7 heteroatoms. The van der Waals surface area contributed by atoms with Crippen LogP contribution in [-0.4, -0.2) is 32.3 Å². The highest BCUT2D eigenvalue weighted by atomic mass is 16.4. The fourth-order valence-electron chi connectivity index (χ4n) is 2.69. The van der Waals surface area contributed by atoms with Gasteiger partial charge < -0.3 is 14.8 Å². The summed E-state index contributed by atoms with van der Waals surface area (Å²) >= 11 is 0. The van der Waals surface area contributed by atoms with E-state index in [9.17, 15) is 9.90 Å². The van der Waals surface area contributed by atoms with E-state index in [2.05, 4.69) is 15.4 Å². The number of hydrogen-bond donors (Lipinski definition) is 2. The Kier molecular flexibility index (Phi) is 4.34. The summed E-state index contributed by atoms with van der Waals surface area (Å²) in [6.45, 7) is 7.47. The lowest BCUT2D eigenvalue weighted by Gasteiger charge is -2.21. The number of amides is 1. The summed E-state index contributed by atoms with van der Waals surface area (Å²) in [6, 6.07) is 5.33. The summed E-state index contributed by atoms with van der Waals surface area (Å²) < 4.78 is 7.04. The molecule has 0 saturated carbocycles. The molecule has 0 radical (unpaired) electrons. The molecule has 7 nitrogen and oxygen atoms in total. The number of pyridine rings is 1. The van der Waals surface area contributed by atoms with E-state index in [1.807, 2.05) is 18.5 Å². The van der Waals surface area contributed by atoms with Gasteiger partial charge in [0, 0.05) is 11.4 Å². The van der Waals surface area contributed by atoms with E-state index in [1.165, 1.54) is 6.26 Å². The Morgan fingerprint density at radius 2 is 2.24 bits per heavy atom. The number of aryl methyl sites for hydroxylation is 1. The van der Waals surface area contributed by atoms with Crippen molar-refractivity contribution in [3.8, 4) is 0 Å². The Labute approximate surface area is 145 Å². The fourth-order valence-corrected chi connectivity index (χ4v) is 2.69. The topological polar surface area (TPSA) is 93.2 Å². The van der Waals surface area contributed by atoms with Crippen molar-refractivity contribution < 1.29 is 14.3 Å². The molecule has 0 aliphatic heterocycles. The Morgan fingerprint density at radius 1 is 1.48 bits per heavy atom. The molecule has 1 atom stereocenters. The molecule has 132 valence electrons. The van der Waals surface area contributed by atoms with Crippen molar-refractivity contribution in [3.63, 3.8) is 0 Å². The number of aromatic nitrogens is 3. The van der Waals surface area contributed by atoms with Gasteiger partial charge >= 0.3 is 0 Å². The maximum absolute atomic E-state index is 12.5. The third-order valence-electron chi connectivity index (χ3n) is 4.14. The molecule has 0 aliphatic rings. The quantitative estimate of drug-likeness (QED) is 0.743. The fraction of sp³-hybridized carbons (Fsp3) is 0.389. The number of nitrogens with one attached hydrogen (secondary N) is 1. The van der Waals surface area contributed by atoms with E-state index < -0.39 is 5.60 Å². The van der Waals surface area contributed by atoms with Crippen LogP contribution in [0.1, 0.15) is 48.6 Å². The third-order valence-corrected chi connectivity index (χ3v) is 4.14. The minimum absolute atomic E-state index is 0.0298. The third kappa shape index (κ3) is 3.28. The molecule has 3 heterocycles. The average Bonchev–Trinajstić information content (AvgIpc) is 3.21. The van der Waals surface area contributed by atoms with Crippen LogP contribution >= 0.6 is 0 Å². The van der Waals surface area contributed by atoms with Crippen LogP contribution < -0.4 is 5.32 Å². The average molecular weight is 342 g/mol. The van der Waals surface area contributed by atoms with Crippen molar-refractivity contribution in [3.05, 3.63) is 47.7 Å². The van der Waals surface area contributed by atoms with Gasteiger partial charge in [-0.05, 0) is 45.9 Å². The summed E-state index contributed by atoms with van der Waals surface area (Å²) in [7, 11) is 0. The second-order valence-electron chi connectivity index (χ2n) is 6.65. The van der Waals surface area contributed by atoms with E-state index in [-0.39, 0.29) is 18.5 Å². The van der Waals surface area contributed by atoms with Gasteiger partial charge in [-0.2, -0.15) is 5.10 Å². The first-order valence-corrected chi connectivity index (χ1v) is 8.19. The Bertz CT molecular complexity index is 895. The summed E-state index contributed by atoms with van der Waals surface area (Å²) in [5, 5.41) is 18.3. The number of nitrogens with zero attached hydrogens (tertiary/aromatic N) is 3. The molecule has 0 saturated heterocycles. The van der Waals surface area contributed by atoms with E-state index >= 15 is 0 Å². The number of fused-ring (bicyclic) bond motifs is 1. The Balaban J connectivity index is 1.81. The Morgan fingerprint density at radius 3 is 2.88 bits per heavy atom. The number of carbonyl (C=O) groups is 1. The van der Waals surface area contributed by atoms with Gasteiger partial charge in [0.2, 0.25) is 0 Å². The van der Waals surface area contributed by atoms with Gasteiger partial charge in [0.1, 0.15) is 11.4 Å². The highest BCUT2D eigenvalue weighted by Gasteiger charge is 2.27. The molecule has 3 aromatic heterocycles. The molecular formula is C18H22N4O3. The van der Waals surface area contributed by atoms with Crippen molar-refractivity contribution >= 4 is 16.9 Å². The lowest BCUT2D eigenvalue weighted by atomic mass is 10.0. The predicted octanol–water partition coefficient (Wildman–Crippen LogP) is 2.55. The normalized spacial score (nSPS) is 14.0. The minimum Gasteiger partial charge on any atom is -0.466 e. The van der Waals surface area contributed by atoms with Gasteiger partial charge in [0.15, 0.2) is 5.65 Å². The summed E-state index contributed by atoms with van der Waals surface area (Å²) in [4.78, 5) is 17.1. The molecule has 0 aromatic carbocycles. The molecule has 0 bridgehead atoms. The molecule has 3 rings (SSSR count). The lowest BCUT2D eigenvalue weighted by molar-refractivity contribution is 0.0330. The first-order valence-electron chi connectivity index (χ1n) is 8.19. The minimum atomic E-state index is -1.28. The van der Waals surface area contributed by atoms with E-state index in [1.54, 1.807) is 38.2 Å². The van der Waals surface area contributed by atoms with Crippen LogP contribution in [0.15, 0.2) is 35.1 Å². The van der Waals surface area contributed by atoms with Crippen LogP contribution in [0.25, 0.3) is 11.0 Å². The van der Waals surface area contributed by atoms with E-state index in [0.717, 1.165) is 11.0 Å². The van der Waals surface area contributed by atoms with Crippen molar-refractivity contribution in [2.45, 2.75) is 39.3 Å². The monoisotopic (exact) mass is 342 g/mol. The van der Waals surface area contributed by atoms with Crippen molar-refractivity contribution in [2.75, 3.05) is 6.54 Å². The predicted molar refractivity (Wildman–Crippen MR) is 93.3 cm³/mol. The second-order valence-corrected chi connectivity index (χ2v) is 6.65. The lowest BCUT2D eigenvalue weighted by Crippen LogP contribution is -2.38. The van der Waals surface area contributed by atoms with Gasteiger partial charge in [-0.25, -0.2) is 9.67 Å². The molecule has 0 aliphatic carbocycles. The van der Waals surface area contributed by atoms with Crippen molar-refractivity contribution in [1.82, 2.24) is 20.1 Å². The van der Waals surface area contributed by atoms with Crippen LogP contribution in [0.4, 0.5) is 0 Å². The number of carbonyl (C=O) groups excluding carboxylic acids is 1. The molecule has 3 aromatic rings. The van der Waals surface area contributed by atoms with Gasteiger partial charge in [-0.15, -0.1) is 0 Å². The second kappa shape index (κ2) is 6.33. The number of aliphatic hydroxyl groups is 1. The molecule has 0 spiro atoms. The zero-order chi connectivity index (χ0) is 18.2. The largest absolute Gasteiger partial charge is 0.466 e. The summed E-state index contributed by atoms with van der Waals surface area (Å²) in [6.07, 6.45) is 3.19. The molecule has 0 fully saturated rings. The van der Waals surface area contributed by atoms with Crippen LogP contribution in [0, 0.1) is 6.92 Å². The summed E-state index contributed by atoms with van der Waals surface area (Å²) in [5.74, 6) is 0.104. The van der Waals surface area contributed by atoms with Crippen molar-refractivity contribution in [2.24, 2.45) is 0 Å². The summed E-state index contributed by atoms with van der Waals surface area (Å²) in [5.41, 5.74) is 0.551. The number of hydrogen-bond acceptors (Lipinski definition) is 5. The first-order chi connectivity index (χ1) is 11.8. The van der Waals surface area contributed by atoms with Gasteiger partial charge in [0.05, 0.1) is 30.3 Å². The smallest absolute Gasteiger partial charge is 0.253 e. The molecule has 1 unspecified atom stereocenters. The Hall–Kier alpha value is -2.67. The van der Waals surface area contributed by atoms with Crippen LogP contribution in [0.2, 0.25) is 0 Å². The van der Waals surface area contributed by atoms with Crippen LogP contribution in [-0.2, 0) is 5.60 Å². The van der Waals surface area contributed by atoms with Gasteiger partial charge in [0.25, 0.3) is 5.91 Å². The highest BCUT2D eigenvalue weighted by molar-refractivity contribution is 5.98. The van der Waals surface area contributed by atoms with E-state index in [4.69, 9.17) is 4.42 Å². The standard InChI is InChI=1S/C18H22N4O3/c1-11(2)22-16-13(9-20-22)8-14(12(3)21-16)17(23)19-10-18(4,24)15-6-5-7-25-15/h5-9,11,24H,10H2,1-4H3,(H,19,23). The first kappa shape index (κ1) is 17.2. The highest BCUT2D eigenvalue weighted by Crippen LogP contribution is 2.21. The van der Waals surface area contributed by atoms with Gasteiger partial charge in [-0.3, -0.25) is 4.79 Å². The maximum Gasteiger partial charge on any atom is 0.253 e.